The Bertz CT molecular complexity index is 1020. The fourth-order valence-electron chi connectivity index (χ4n) is 4.05. The number of halogens is 1. The minimum Gasteiger partial charge on any atom is -0.370 e. The first-order chi connectivity index (χ1) is 14.4. The van der Waals surface area contributed by atoms with Crippen LogP contribution in [0.4, 0.5) is 21.7 Å². The van der Waals surface area contributed by atoms with Crippen LogP contribution in [0.2, 0.25) is 0 Å². The van der Waals surface area contributed by atoms with E-state index in [1.54, 1.807) is 30.2 Å². The van der Waals surface area contributed by atoms with E-state index in [1.807, 2.05) is 11.9 Å². The first-order valence-corrected chi connectivity index (χ1v) is 9.94. The van der Waals surface area contributed by atoms with Gasteiger partial charge >= 0.3 is 0 Å². The SMILES string of the molecule is C=CC(=C)N1CCCC(N(C)c2nc(Nc3cnn(C)c3)c3c(c2F)CNC3=O)C1. The van der Waals surface area contributed by atoms with Crippen molar-refractivity contribution in [3.63, 3.8) is 0 Å². The minimum atomic E-state index is -0.456. The van der Waals surface area contributed by atoms with Gasteiger partial charge in [0, 0.05) is 57.2 Å². The van der Waals surface area contributed by atoms with Gasteiger partial charge < -0.3 is 20.4 Å². The number of pyridine rings is 1. The number of fused-ring (bicyclic) bond motifs is 1. The number of aromatic nitrogens is 3. The van der Waals surface area contributed by atoms with E-state index in [0.29, 0.717) is 23.6 Å². The number of carbonyl (C=O) groups is 1. The lowest BCUT2D eigenvalue weighted by molar-refractivity contribution is 0.0966. The lowest BCUT2D eigenvalue weighted by Crippen LogP contribution is -2.46. The zero-order chi connectivity index (χ0) is 21.4. The topological polar surface area (TPSA) is 78.3 Å². The second-order valence-corrected chi connectivity index (χ2v) is 7.71. The average Bonchev–Trinajstić information content (AvgIpc) is 3.34. The van der Waals surface area contributed by atoms with Crippen molar-refractivity contribution >= 4 is 23.2 Å². The van der Waals surface area contributed by atoms with Gasteiger partial charge in [0.25, 0.3) is 5.91 Å². The van der Waals surface area contributed by atoms with E-state index >= 15 is 4.39 Å². The second kappa shape index (κ2) is 7.81. The molecule has 0 saturated carbocycles. The van der Waals surface area contributed by atoms with Crippen LogP contribution >= 0.6 is 0 Å². The maximum absolute atomic E-state index is 15.4. The van der Waals surface area contributed by atoms with Gasteiger partial charge in [-0.25, -0.2) is 9.37 Å². The third kappa shape index (κ3) is 3.51. The Morgan fingerprint density at radius 2 is 2.30 bits per heavy atom. The summed E-state index contributed by atoms with van der Waals surface area (Å²) in [6, 6.07) is 0.0619. The van der Waals surface area contributed by atoms with Crippen LogP contribution in [0.25, 0.3) is 0 Å². The van der Waals surface area contributed by atoms with Gasteiger partial charge in [-0.15, -0.1) is 0 Å². The lowest BCUT2D eigenvalue weighted by Gasteiger charge is -2.39. The van der Waals surface area contributed by atoms with Crippen LogP contribution in [-0.4, -0.2) is 51.8 Å². The van der Waals surface area contributed by atoms with Crippen molar-refractivity contribution in [1.29, 1.82) is 0 Å². The zero-order valence-corrected chi connectivity index (χ0v) is 17.3. The highest BCUT2D eigenvalue weighted by atomic mass is 19.1. The van der Waals surface area contributed by atoms with Crippen molar-refractivity contribution in [3.05, 3.63) is 54.3 Å². The summed E-state index contributed by atoms with van der Waals surface area (Å²) in [7, 11) is 3.65. The molecule has 1 saturated heterocycles. The summed E-state index contributed by atoms with van der Waals surface area (Å²) in [5.41, 5.74) is 2.13. The molecule has 1 atom stereocenters. The zero-order valence-electron chi connectivity index (χ0n) is 17.3. The smallest absolute Gasteiger partial charge is 0.255 e. The standard InChI is InChI=1S/C21H26FN7O/c1-5-13(2)29-8-6-7-15(12-29)28(4)20-18(22)16-10-23-21(30)17(16)19(26-20)25-14-9-24-27(3)11-14/h5,9,11,15H,1-2,6-8,10,12H2,3-4H3,(H,23,30)(H,25,26). The molecule has 0 aromatic carbocycles. The number of nitrogens with zero attached hydrogens (tertiary/aromatic N) is 5. The van der Waals surface area contributed by atoms with Crippen LogP contribution in [0.3, 0.4) is 0 Å². The van der Waals surface area contributed by atoms with Crippen molar-refractivity contribution in [3.8, 4) is 0 Å². The first-order valence-electron chi connectivity index (χ1n) is 9.94. The largest absolute Gasteiger partial charge is 0.370 e. The molecular formula is C21H26FN7O. The van der Waals surface area contributed by atoms with Gasteiger partial charge in [0.2, 0.25) is 0 Å². The lowest BCUT2D eigenvalue weighted by atomic mass is 10.0. The number of hydrogen-bond donors (Lipinski definition) is 2. The van der Waals surface area contributed by atoms with E-state index < -0.39 is 5.82 Å². The highest BCUT2D eigenvalue weighted by Gasteiger charge is 2.33. The predicted molar refractivity (Wildman–Crippen MR) is 114 cm³/mol. The number of amides is 1. The highest BCUT2D eigenvalue weighted by molar-refractivity contribution is 6.03. The molecular weight excluding hydrogens is 385 g/mol. The fraction of sp³-hybridized carbons (Fsp3) is 0.381. The third-order valence-electron chi connectivity index (χ3n) is 5.76. The Morgan fingerprint density at radius 3 is 3.00 bits per heavy atom. The van der Waals surface area contributed by atoms with Crippen molar-refractivity contribution in [2.75, 3.05) is 30.4 Å². The van der Waals surface area contributed by atoms with Crippen LogP contribution < -0.4 is 15.5 Å². The van der Waals surface area contributed by atoms with E-state index in [2.05, 4.69) is 38.8 Å². The molecule has 2 aliphatic rings. The molecule has 2 aromatic rings. The Hall–Kier alpha value is -3.36. The minimum absolute atomic E-state index is 0.0619. The molecule has 0 spiro atoms. The van der Waals surface area contributed by atoms with Gasteiger partial charge in [-0.3, -0.25) is 9.48 Å². The fourth-order valence-corrected chi connectivity index (χ4v) is 4.05. The number of anilines is 3. The Kier molecular flexibility index (Phi) is 5.19. The van der Waals surface area contributed by atoms with E-state index in [-0.39, 0.29) is 29.9 Å². The molecule has 2 aromatic heterocycles. The van der Waals surface area contributed by atoms with Crippen LogP contribution in [0.1, 0.15) is 28.8 Å². The number of nitrogens with one attached hydrogen (secondary N) is 2. The molecule has 0 aliphatic carbocycles. The maximum atomic E-state index is 15.4. The molecule has 1 fully saturated rings. The molecule has 0 bridgehead atoms. The van der Waals surface area contributed by atoms with Gasteiger partial charge in [-0.2, -0.15) is 5.10 Å². The van der Waals surface area contributed by atoms with Crippen LogP contribution in [0, 0.1) is 5.82 Å². The Balaban J connectivity index is 1.69. The van der Waals surface area contributed by atoms with E-state index in [9.17, 15) is 4.79 Å². The molecule has 1 amide bonds. The van der Waals surface area contributed by atoms with Crippen molar-refractivity contribution in [1.82, 2.24) is 25.0 Å². The summed E-state index contributed by atoms with van der Waals surface area (Å²) in [6.07, 6.45) is 7.03. The second-order valence-electron chi connectivity index (χ2n) is 7.71. The van der Waals surface area contributed by atoms with Crippen molar-refractivity contribution < 1.29 is 9.18 Å². The van der Waals surface area contributed by atoms with Crippen molar-refractivity contribution in [2.45, 2.75) is 25.4 Å². The summed E-state index contributed by atoms with van der Waals surface area (Å²) < 4.78 is 17.1. The summed E-state index contributed by atoms with van der Waals surface area (Å²) in [4.78, 5) is 20.9. The first kappa shape index (κ1) is 19.9. The number of piperidine rings is 1. The third-order valence-corrected chi connectivity index (χ3v) is 5.76. The number of likely N-dealkylation sites (tertiary alicyclic amines) is 1. The molecule has 30 heavy (non-hydrogen) atoms. The molecule has 2 aliphatic heterocycles. The molecule has 1 unspecified atom stereocenters. The molecule has 4 heterocycles. The van der Waals surface area contributed by atoms with Crippen molar-refractivity contribution in [2.24, 2.45) is 7.05 Å². The molecule has 8 nitrogen and oxygen atoms in total. The molecule has 4 rings (SSSR count). The van der Waals surface area contributed by atoms with Gasteiger partial charge in [0.1, 0.15) is 5.82 Å². The van der Waals surface area contributed by atoms with Gasteiger partial charge in [-0.05, 0) is 18.9 Å². The summed E-state index contributed by atoms with van der Waals surface area (Å²) in [5.74, 6) is -0.225. The van der Waals surface area contributed by atoms with E-state index in [1.165, 1.54) is 0 Å². The molecule has 0 radical (unpaired) electrons. The number of hydrogen-bond acceptors (Lipinski definition) is 6. The highest BCUT2D eigenvalue weighted by Crippen LogP contribution is 2.34. The number of likely N-dealkylation sites (N-methyl/N-ethyl adjacent to an activating group) is 1. The molecule has 158 valence electrons. The van der Waals surface area contributed by atoms with Gasteiger partial charge in [0.05, 0.1) is 17.4 Å². The summed E-state index contributed by atoms with van der Waals surface area (Å²) >= 11 is 0. The average molecular weight is 411 g/mol. The predicted octanol–water partition coefficient (Wildman–Crippen LogP) is 2.54. The molecule has 2 N–H and O–H groups in total. The monoisotopic (exact) mass is 411 g/mol. The van der Waals surface area contributed by atoms with Gasteiger partial charge in [-0.1, -0.05) is 13.2 Å². The van der Waals surface area contributed by atoms with Crippen LogP contribution in [-0.2, 0) is 13.6 Å². The van der Waals surface area contributed by atoms with Crippen LogP contribution in [0.5, 0.6) is 0 Å². The summed E-state index contributed by atoms with van der Waals surface area (Å²) in [5, 5.41) is 9.96. The van der Waals surface area contributed by atoms with E-state index in [4.69, 9.17) is 0 Å². The van der Waals surface area contributed by atoms with Crippen LogP contribution in [0.15, 0.2) is 37.3 Å². The molecule has 9 heteroatoms. The quantitative estimate of drug-likeness (QED) is 0.712. The number of rotatable bonds is 6. The number of allylic oxidation sites excluding steroid dienone is 1. The van der Waals surface area contributed by atoms with E-state index in [0.717, 1.165) is 25.1 Å². The Labute approximate surface area is 175 Å². The Morgan fingerprint density at radius 1 is 1.50 bits per heavy atom. The maximum Gasteiger partial charge on any atom is 0.255 e. The normalized spacial score (nSPS) is 18.0. The summed E-state index contributed by atoms with van der Waals surface area (Å²) in [6.45, 7) is 9.59. The van der Waals surface area contributed by atoms with Gasteiger partial charge in [0.15, 0.2) is 11.6 Å². The number of carbonyl (C=O) groups excluding carboxylic acids is 1. The number of aryl methyl sites for hydroxylation is 1.